The molecule has 0 aromatic rings. The molecule has 1 aliphatic carbocycles. The lowest BCUT2D eigenvalue weighted by Gasteiger charge is -2.20. The number of rotatable bonds is 4. The van der Waals surface area contributed by atoms with Crippen LogP contribution in [0, 0.1) is 5.92 Å². The molecule has 0 saturated heterocycles. The summed E-state index contributed by atoms with van der Waals surface area (Å²) in [4.78, 5) is 15.3. The van der Waals surface area contributed by atoms with Crippen molar-refractivity contribution >= 4 is 11.9 Å². The molecule has 0 unspecified atom stereocenters. The minimum atomic E-state index is -0.127. The van der Waals surface area contributed by atoms with Crippen molar-refractivity contribution in [3.8, 4) is 0 Å². The number of hydrogen-bond acceptors (Lipinski definition) is 2. The summed E-state index contributed by atoms with van der Waals surface area (Å²) in [6.07, 6.45) is 2.47. The molecule has 5 nitrogen and oxygen atoms in total. The molecular formula is C11H22N4O. The van der Waals surface area contributed by atoms with Crippen LogP contribution in [0.15, 0.2) is 4.99 Å². The van der Waals surface area contributed by atoms with Gasteiger partial charge >= 0.3 is 0 Å². The van der Waals surface area contributed by atoms with Crippen LogP contribution in [0.4, 0.5) is 0 Å². The smallest absolute Gasteiger partial charge is 0.241 e. The highest BCUT2D eigenvalue weighted by Gasteiger charge is 2.21. The molecule has 5 heteroatoms. The fourth-order valence-electron chi connectivity index (χ4n) is 1.22. The monoisotopic (exact) mass is 226 g/mol. The molecule has 4 N–H and O–H groups in total. The van der Waals surface area contributed by atoms with E-state index in [-0.39, 0.29) is 18.0 Å². The molecule has 0 aromatic carbocycles. The van der Waals surface area contributed by atoms with Crippen LogP contribution in [-0.4, -0.2) is 30.5 Å². The maximum absolute atomic E-state index is 11.3. The van der Waals surface area contributed by atoms with Gasteiger partial charge < -0.3 is 16.4 Å². The second-order valence-electron chi connectivity index (χ2n) is 5.32. The van der Waals surface area contributed by atoms with Gasteiger partial charge in [0.1, 0.15) is 6.54 Å². The molecule has 0 heterocycles. The topological polar surface area (TPSA) is 79.5 Å². The lowest BCUT2D eigenvalue weighted by Crippen LogP contribution is -2.45. The van der Waals surface area contributed by atoms with Gasteiger partial charge in [-0.2, -0.15) is 0 Å². The predicted octanol–water partition coefficient (Wildman–Crippen LogP) is 0.215. The summed E-state index contributed by atoms with van der Waals surface area (Å²) < 4.78 is 0. The predicted molar refractivity (Wildman–Crippen MR) is 65.1 cm³/mol. The zero-order chi connectivity index (χ0) is 12.2. The standard InChI is InChI=1S/C11H22N4O/c1-11(2,3)15-10(12)14-7-9(16)13-6-8-4-5-8/h8H,4-7H2,1-3H3,(H,13,16)(H3,12,14,15). The second-order valence-corrected chi connectivity index (χ2v) is 5.32. The lowest BCUT2D eigenvalue weighted by atomic mass is 10.1. The Kier molecular flexibility index (Phi) is 4.15. The van der Waals surface area contributed by atoms with Gasteiger partial charge in [-0.05, 0) is 39.5 Å². The van der Waals surface area contributed by atoms with Gasteiger partial charge in [0.05, 0.1) is 0 Å². The Labute approximate surface area is 96.9 Å². The third-order valence-electron chi connectivity index (χ3n) is 2.18. The molecule has 1 saturated carbocycles. The molecule has 0 atom stereocenters. The average molecular weight is 226 g/mol. The number of guanidine groups is 1. The number of nitrogens with zero attached hydrogens (tertiary/aromatic N) is 1. The van der Waals surface area contributed by atoms with Crippen LogP contribution in [-0.2, 0) is 4.79 Å². The first-order valence-corrected chi connectivity index (χ1v) is 5.71. The Morgan fingerprint density at radius 2 is 2.06 bits per heavy atom. The van der Waals surface area contributed by atoms with Gasteiger partial charge in [0.25, 0.3) is 0 Å². The summed E-state index contributed by atoms with van der Waals surface area (Å²) in [5.74, 6) is 0.942. The van der Waals surface area contributed by atoms with E-state index in [4.69, 9.17) is 5.73 Å². The van der Waals surface area contributed by atoms with E-state index in [1.165, 1.54) is 12.8 Å². The van der Waals surface area contributed by atoms with E-state index < -0.39 is 0 Å². The van der Waals surface area contributed by atoms with Gasteiger partial charge in [0.15, 0.2) is 5.96 Å². The minimum absolute atomic E-state index is 0.0643. The van der Waals surface area contributed by atoms with Crippen LogP contribution < -0.4 is 16.4 Å². The molecule has 0 aromatic heterocycles. The quantitative estimate of drug-likeness (QED) is 0.474. The van der Waals surface area contributed by atoms with Gasteiger partial charge in [-0.25, -0.2) is 4.99 Å². The van der Waals surface area contributed by atoms with Crippen molar-refractivity contribution in [3.05, 3.63) is 0 Å². The van der Waals surface area contributed by atoms with Crippen molar-refractivity contribution in [2.75, 3.05) is 13.1 Å². The number of amides is 1. The largest absolute Gasteiger partial charge is 0.370 e. The third kappa shape index (κ3) is 6.27. The van der Waals surface area contributed by atoms with E-state index >= 15 is 0 Å². The summed E-state index contributed by atoms with van der Waals surface area (Å²) in [5.41, 5.74) is 5.51. The van der Waals surface area contributed by atoms with E-state index in [1.54, 1.807) is 0 Å². The number of nitrogens with one attached hydrogen (secondary N) is 2. The van der Waals surface area contributed by atoms with Gasteiger partial charge in [0.2, 0.25) is 5.91 Å². The summed E-state index contributed by atoms with van der Waals surface area (Å²) in [5, 5.41) is 5.83. The van der Waals surface area contributed by atoms with E-state index in [0.29, 0.717) is 11.9 Å². The first-order valence-electron chi connectivity index (χ1n) is 5.71. The van der Waals surface area contributed by atoms with E-state index in [0.717, 1.165) is 6.54 Å². The van der Waals surface area contributed by atoms with Crippen molar-refractivity contribution < 1.29 is 4.79 Å². The van der Waals surface area contributed by atoms with Crippen LogP contribution in [0.25, 0.3) is 0 Å². The maximum atomic E-state index is 11.3. The van der Waals surface area contributed by atoms with Crippen LogP contribution in [0.2, 0.25) is 0 Å². The molecule has 1 rings (SSSR count). The Morgan fingerprint density at radius 3 is 2.56 bits per heavy atom. The molecule has 0 spiro atoms. The van der Waals surface area contributed by atoms with Crippen LogP contribution in [0.1, 0.15) is 33.6 Å². The minimum Gasteiger partial charge on any atom is -0.370 e. The molecule has 92 valence electrons. The highest BCUT2D eigenvalue weighted by atomic mass is 16.1. The fraction of sp³-hybridized carbons (Fsp3) is 0.818. The van der Waals surface area contributed by atoms with Gasteiger partial charge in [-0.3, -0.25) is 4.79 Å². The summed E-state index contributed by atoms with van der Waals surface area (Å²) in [6.45, 7) is 6.84. The van der Waals surface area contributed by atoms with Crippen LogP contribution in [0.5, 0.6) is 0 Å². The van der Waals surface area contributed by atoms with Crippen molar-refractivity contribution in [3.63, 3.8) is 0 Å². The van der Waals surface area contributed by atoms with E-state index in [9.17, 15) is 4.79 Å². The second kappa shape index (κ2) is 5.18. The zero-order valence-electron chi connectivity index (χ0n) is 10.3. The highest BCUT2D eigenvalue weighted by Crippen LogP contribution is 2.27. The lowest BCUT2D eigenvalue weighted by molar-refractivity contribution is -0.119. The zero-order valence-corrected chi connectivity index (χ0v) is 10.3. The molecule has 0 radical (unpaired) electrons. The van der Waals surface area contributed by atoms with E-state index in [2.05, 4.69) is 15.6 Å². The van der Waals surface area contributed by atoms with Crippen molar-refractivity contribution in [2.45, 2.75) is 39.2 Å². The Bertz CT molecular complexity index is 276. The Morgan fingerprint density at radius 1 is 1.44 bits per heavy atom. The number of carbonyl (C=O) groups excluding carboxylic acids is 1. The van der Waals surface area contributed by atoms with Crippen molar-refractivity contribution in [2.24, 2.45) is 16.6 Å². The SMILES string of the molecule is CC(C)(C)NC(N)=NCC(=O)NCC1CC1. The van der Waals surface area contributed by atoms with E-state index in [1.807, 2.05) is 20.8 Å². The third-order valence-corrected chi connectivity index (χ3v) is 2.18. The number of aliphatic imine (C=N–C) groups is 1. The van der Waals surface area contributed by atoms with Gasteiger partial charge in [0, 0.05) is 12.1 Å². The normalized spacial score (nSPS) is 17.1. The summed E-state index contributed by atoms with van der Waals surface area (Å²) in [6, 6.07) is 0. The first-order chi connectivity index (χ1) is 7.37. The molecule has 0 aliphatic heterocycles. The molecule has 16 heavy (non-hydrogen) atoms. The number of carbonyl (C=O) groups is 1. The van der Waals surface area contributed by atoms with Gasteiger partial charge in [-0.15, -0.1) is 0 Å². The highest BCUT2D eigenvalue weighted by molar-refractivity contribution is 5.84. The Balaban J connectivity index is 2.19. The summed E-state index contributed by atoms with van der Waals surface area (Å²) >= 11 is 0. The van der Waals surface area contributed by atoms with Crippen LogP contribution >= 0.6 is 0 Å². The molecular weight excluding hydrogens is 204 g/mol. The molecule has 0 bridgehead atoms. The average Bonchev–Trinajstić information content (AvgIpc) is 2.92. The first kappa shape index (κ1) is 12.8. The molecule has 1 fully saturated rings. The fourth-order valence-corrected chi connectivity index (χ4v) is 1.22. The maximum Gasteiger partial charge on any atom is 0.241 e. The van der Waals surface area contributed by atoms with Crippen LogP contribution in [0.3, 0.4) is 0 Å². The Hall–Kier alpha value is -1.26. The van der Waals surface area contributed by atoms with Crippen molar-refractivity contribution in [1.29, 1.82) is 0 Å². The number of nitrogens with two attached hydrogens (primary N) is 1. The molecule has 1 amide bonds. The summed E-state index contributed by atoms with van der Waals surface area (Å²) in [7, 11) is 0. The number of hydrogen-bond donors (Lipinski definition) is 3. The van der Waals surface area contributed by atoms with Crippen molar-refractivity contribution in [1.82, 2.24) is 10.6 Å². The van der Waals surface area contributed by atoms with Gasteiger partial charge in [-0.1, -0.05) is 0 Å². The molecule has 1 aliphatic rings.